The minimum atomic E-state index is -0.257. The Kier molecular flexibility index (Phi) is 2.86. The summed E-state index contributed by atoms with van der Waals surface area (Å²) in [5.41, 5.74) is 3.68. The monoisotopic (exact) mass is 243 g/mol. The molecule has 2 rings (SSSR count). The van der Waals surface area contributed by atoms with Gasteiger partial charge in [-0.2, -0.15) is 15.6 Å². The number of nitrogens with one attached hydrogen (secondary N) is 2. The van der Waals surface area contributed by atoms with Gasteiger partial charge in [0.25, 0.3) is 0 Å². The minimum Gasteiger partial charge on any atom is -0.312 e. The second-order valence-corrected chi connectivity index (χ2v) is 4.04. The van der Waals surface area contributed by atoms with Crippen molar-refractivity contribution in [2.24, 2.45) is 5.10 Å². The molecule has 0 radical (unpaired) electrons. The topological polar surface area (TPSA) is 105 Å². The smallest absolute Gasteiger partial charge is 0.305 e. The van der Waals surface area contributed by atoms with Crippen LogP contribution in [-0.2, 0) is 0 Å². The van der Waals surface area contributed by atoms with E-state index < -0.39 is 0 Å². The fourth-order valence-corrected chi connectivity index (χ4v) is 1.99. The maximum Gasteiger partial charge on any atom is 0.305 e. The van der Waals surface area contributed by atoms with Crippen LogP contribution < -0.4 is 10.3 Å². The fraction of sp³-hybridized carbons (Fsp3) is 0. The third-order valence-electron chi connectivity index (χ3n) is 1.93. The number of anilines is 1. The van der Waals surface area contributed by atoms with Crippen LogP contribution in [0, 0.1) is 22.7 Å². The van der Waals surface area contributed by atoms with Crippen molar-refractivity contribution in [1.29, 1.82) is 10.5 Å². The molecule has 0 spiro atoms. The highest BCUT2D eigenvalue weighted by molar-refractivity contribution is 7.16. The maximum absolute atomic E-state index is 11.1. The molecule has 0 saturated heterocycles. The van der Waals surface area contributed by atoms with Gasteiger partial charge in [0.05, 0.1) is 15.9 Å². The molecular formula is C10H5N5OS. The lowest BCUT2D eigenvalue weighted by molar-refractivity contribution is 1.34. The van der Waals surface area contributed by atoms with Crippen LogP contribution in [0.3, 0.4) is 0 Å². The molecule has 0 atom stereocenters. The summed E-state index contributed by atoms with van der Waals surface area (Å²) in [6, 6.07) is 8.41. The number of rotatable bonds is 2. The van der Waals surface area contributed by atoms with E-state index in [1.54, 1.807) is 30.3 Å². The van der Waals surface area contributed by atoms with E-state index in [9.17, 15) is 4.79 Å². The summed E-state index contributed by atoms with van der Waals surface area (Å²) in [6.07, 6.45) is 0. The van der Waals surface area contributed by atoms with Crippen molar-refractivity contribution >= 4 is 33.0 Å². The number of benzene rings is 1. The van der Waals surface area contributed by atoms with Crippen molar-refractivity contribution in [2.75, 3.05) is 5.43 Å². The van der Waals surface area contributed by atoms with Crippen LogP contribution in [0.25, 0.3) is 10.2 Å². The predicted octanol–water partition coefficient (Wildman–Crippen LogP) is 1.40. The first-order chi connectivity index (χ1) is 8.22. The number of H-pyrrole nitrogens is 1. The zero-order chi connectivity index (χ0) is 12.3. The number of nitrogens with zero attached hydrogens (tertiary/aromatic N) is 3. The van der Waals surface area contributed by atoms with Crippen LogP contribution in [0.1, 0.15) is 0 Å². The second kappa shape index (κ2) is 4.47. The van der Waals surface area contributed by atoms with Crippen molar-refractivity contribution in [3.05, 3.63) is 27.9 Å². The van der Waals surface area contributed by atoms with Gasteiger partial charge in [0.1, 0.15) is 12.1 Å². The molecule has 6 nitrogen and oxygen atoms in total. The first-order valence-corrected chi connectivity index (χ1v) is 5.31. The molecule has 0 aliphatic heterocycles. The number of thiazole rings is 1. The predicted molar refractivity (Wildman–Crippen MR) is 64.7 cm³/mol. The Balaban J connectivity index is 2.32. The van der Waals surface area contributed by atoms with E-state index in [0.717, 1.165) is 21.6 Å². The molecule has 0 fully saturated rings. The lowest BCUT2D eigenvalue weighted by Crippen LogP contribution is -1.95. The fourth-order valence-electron chi connectivity index (χ4n) is 1.21. The molecular weight excluding hydrogens is 238 g/mol. The molecule has 17 heavy (non-hydrogen) atoms. The molecule has 2 aromatic rings. The quantitative estimate of drug-likeness (QED) is 0.614. The number of aromatic nitrogens is 1. The summed E-state index contributed by atoms with van der Waals surface area (Å²) in [5.74, 6) is 0. The average molecular weight is 243 g/mol. The van der Waals surface area contributed by atoms with Crippen LogP contribution in [0.2, 0.25) is 0 Å². The van der Waals surface area contributed by atoms with E-state index in [-0.39, 0.29) is 10.6 Å². The number of nitriles is 2. The number of hydrogen-bond acceptors (Lipinski definition) is 6. The highest BCUT2D eigenvalue weighted by Gasteiger charge is 2.00. The van der Waals surface area contributed by atoms with Gasteiger partial charge in [-0.3, -0.25) is 10.2 Å². The first kappa shape index (κ1) is 10.9. The Morgan fingerprint density at radius 2 is 2.18 bits per heavy atom. The van der Waals surface area contributed by atoms with Crippen molar-refractivity contribution in [3.63, 3.8) is 0 Å². The van der Waals surface area contributed by atoms with Crippen LogP contribution in [0.4, 0.5) is 5.69 Å². The van der Waals surface area contributed by atoms with Gasteiger partial charge >= 0.3 is 4.87 Å². The number of fused-ring (bicyclic) bond motifs is 1. The SMILES string of the molecule is N#CC(C#N)=NNc1ccc2[nH]c(=O)sc2c1. The van der Waals surface area contributed by atoms with Gasteiger partial charge in [0.15, 0.2) is 0 Å². The Morgan fingerprint density at radius 1 is 1.41 bits per heavy atom. The van der Waals surface area contributed by atoms with Gasteiger partial charge in [0.2, 0.25) is 5.71 Å². The minimum absolute atomic E-state index is 0.129. The lowest BCUT2D eigenvalue weighted by Gasteiger charge is -1.98. The standard InChI is InChI=1S/C10H5N5OS/c11-4-7(5-12)15-14-6-1-2-8-9(3-6)17-10(16)13-8/h1-3,14H,(H,13,16). The van der Waals surface area contributed by atoms with E-state index >= 15 is 0 Å². The third kappa shape index (κ3) is 2.30. The lowest BCUT2D eigenvalue weighted by atomic mass is 10.3. The second-order valence-electron chi connectivity index (χ2n) is 3.02. The molecule has 7 heteroatoms. The highest BCUT2D eigenvalue weighted by atomic mass is 32.1. The maximum atomic E-state index is 11.1. The summed E-state index contributed by atoms with van der Waals surface area (Å²) in [7, 11) is 0. The molecule has 0 bridgehead atoms. The molecule has 0 unspecified atom stereocenters. The normalized spacial score (nSPS) is 9.29. The summed E-state index contributed by atoms with van der Waals surface area (Å²) in [6.45, 7) is 0. The number of hydrogen-bond donors (Lipinski definition) is 2. The van der Waals surface area contributed by atoms with E-state index in [2.05, 4.69) is 15.5 Å². The number of aromatic amines is 1. The number of hydrazone groups is 1. The Labute approximate surface area is 99.4 Å². The van der Waals surface area contributed by atoms with E-state index in [0.29, 0.717) is 5.69 Å². The Morgan fingerprint density at radius 3 is 2.88 bits per heavy atom. The third-order valence-corrected chi connectivity index (χ3v) is 2.77. The summed E-state index contributed by atoms with van der Waals surface area (Å²) in [5, 5.41) is 20.6. The van der Waals surface area contributed by atoms with Crippen molar-refractivity contribution in [1.82, 2.24) is 4.98 Å². The van der Waals surface area contributed by atoms with E-state index in [1.807, 2.05) is 0 Å². The van der Waals surface area contributed by atoms with Crippen LogP contribution in [-0.4, -0.2) is 10.7 Å². The molecule has 82 valence electrons. The molecule has 1 heterocycles. The van der Waals surface area contributed by atoms with Gasteiger partial charge in [-0.25, -0.2) is 0 Å². The van der Waals surface area contributed by atoms with Crippen LogP contribution in [0.5, 0.6) is 0 Å². The molecule has 0 aliphatic rings. The summed E-state index contributed by atoms with van der Waals surface area (Å²) < 4.78 is 0.783. The van der Waals surface area contributed by atoms with Gasteiger partial charge in [-0.1, -0.05) is 11.3 Å². The average Bonchev–Trinajstić information content (AvgIpc) is 2.69. The van der Waals surface area contributed by atoms with E-state index in [1.165, 1.54) is 0 Å². The molecule has 2 N–H and O–H groups in total. The van der Waals surface area contributed by atoms with Gasteiger partial charge in [0, 0.05) is 0 Å². The molecule has 0 amide bonds. The Bertz CT molecular complexity index is 711. The van der Waals surface area contributed by atoms with Crippen LogP contribution in [0.15, 0.2) is 28.1 Å². The van der Waals surface area contributed by atoms with Crippen molar-refractivity contribution < 1.29 is 0 Å². The van der Waals surface area contributed by atoms with Crippen LogP contribution >= 0.6 is 11.3 Å². The van der Waals surface area contributed by atoms with Crippen molar-refractivity contribution in [2.45, 2.75) is 0 Å². The summed E-state index contributed by atoms with van der Waals surface area (Å²) in [4.78, 5) is 13.6. The molecule has 1 aromatic carbocycles. The van der Waals surface area contributed by atoms with Crippen molar-refractivity contribution in [3.8, 4) is 12.1 Å². The van der Waals surface area contributed by atoms with Gasteiger partial charge in [-0.15, -0.1) is 0 Å². The first-order valence-electron chi connectivity index (χ1n) is 4.49. The molecule has 1 aromatic heterocycles. The van der Waals surface area contributed by atoms with Gasteiger partial charge in [-0.05, 0) is 18.2 Å². The summed E-state index contributed by atoms with van der Waals surface area (Å²) >= 11 is 1.08. The zero-order valence-electron chi connectivity index (χ0n) is 8.39. The highest BCUT2D eigenvalue weighted by Crippen LogP contribution is 2.19. The molecule has 0 saturated carbocycles. The Hall–Kier alpha value is -2.64. The largest absolute Gasteiger partial charge is 0.312 e. The molecule has 0 aliphatic carbocycles. The zero-order valence-corrected chi connectivity index (χ0v) is 9.21. The van der Waals surface area contributed by atoms with E-state index in [4.69, 9.17) is 10.5 Å². The van der Waals surface area contributed by atoms with Gasteiger partial charge < -0.3 is 4.98 Å².